The molecular formula is C26H47NO2. The Morgan fingerprint density at radius 3 is 1.48 bits per heavy atom. The average molecular weight is 406 g/mol. The monoisotopic (exact) mass is 405 g/mol. The molecule has 1 atom stereocenters. The number of benzene rings is 1. The van der Waals surface area contributed by atoms with E-state index in [1.807, 2.05) is 6.92 Å². The highest BCUT2D eigenvalue weighted by atomic mass is 16.3. The van der Waals surface area contributed by atoms with Gasteiger partial charge in [-0.1, -0.05) is 88.3 Å². The normalized spacial score (nSPS) is 14.9. The maximum Gasteiger partial charge on any atom is 0.123 e. The molecule has 0 heterocycles. The molecular weight excluding hydrogens is 358 g/mol. The van der Waals surface area contributed by atoms with E-state index in [2.05, 4.69) is 86.7 Å². The molecule has 0 aromatic heterocycles. The van der Waals surface area contributed by atoms with Crippen molar-refractivity contribution in [3.05, 3.63) is 28.8 Å². The van der Waals surface area contributed by atoms with Crippen LogP contribution in [0.1, 0.15) is 112 Å². The summed E-state index contributed by atoms with van der Waals surface area (Å²) >= 11 is 0. The van der Waals surface area contributed by atoms with E-state index in [9.17, 15) is 10.2 Å². The number of phenols is 1. The van der Waals surface area contributed by atoms with E-state index in [-0.39, 0.29) is 21.7 Å². The van der Waals surface area contributed by atoms with Crippen LogP contribution in [0.25, 0.3) is 0 Å². The third kappa shape index (κ3) is 7.94. The Kier molecular flexibility index (Phi) is 8.04. The van der Waals surface area contributed by atoms with Crippen LogP contribution in [0, 0.1) is 10.8 Å². The molecule has 0 amide bonds. The summed E-state index contributed by atoms with van der Waals surface area (Å²) in [6, 6.07) is 4.26. The first-order valence-corrected chi connectivity index (χ1v) is 11.2. The van der Waals surface area contributed by atoms with Crippen molar-refractivity contribution < 1.29 is 10.2 Å². The van der Waals surface area contributed by atoms with Gasteiger partial charge in [-0.3, -0.25) is 5.32 Å². The van der Waals surface area contributed by atoms with Gasteiger partial charge in [-0.2, -0.15) is 0 Å². The SMILES string of the molecule is CCC(O)NCc1cc(C(C)(C)CC(C)(C)C)c(O)c(C(C)(C)CC(C)(C)C)c1. The van der Waals surface area contributed by atoms with Gasteiger partial charge in [-0.25, -0.2) is 0 Å². The van der Waals surface area contributed by atoms with Crippen LogP contribution < -0.4 is 5.32 Å². The maximum atomic E-state index is 11.4. The van der Waals surface area contributed by atoms with Gasteiger partial charge in [-0.05, 0) is 46.5 Å². The number of aromatic hydroxyl groups is 1. The van der Waals surface area contributed by atoms with Crippen molar-refractivity contribution in [2.24, 2.45) is 10.8 Å². The summed E-state index contributed by atoms with van der Waals surface area (Å²) in [5, 5.41) is 24.6. The van der Waals surface area contributed by atoms with Crippen LogP contribution in [0.3, 0.4) is 0 Å². The number of hydrogen-bond acceptors (Lipinski definition) is 3. The number of hydrogen-bond donors (Lipinski definition) is 3. The van der Waals surface area contributed by atoms with E-state index in [0.29, 0.717) is 18.7 Å². The molecule has 1 aromatic rings. The summed E-state index contributed by atoms with van der Waals surface area (Å²) in [6.07, 6.45) is 2.10. The molecule has 3 N–H and O–H groups in total. The molecule has 0 saturated carbocycles. The van der Waals surface area contributed by atoms with Gasteiger partial charge in [0.25, 0.3) is 0 Å². The molecule has 0 bridgehead atoms. The third-order valence-corrected chi connectivity index (χ3v) is 5.50. The molecule has 0 radical (unpaired) electrons. The Balaban J connectivity index is 3.55. The van der Waals surface area contributed by atoms with Gasteiger partial charge in [0.2, 0.25) is 0 Å². The van der Waals surface area contributed by atoms with Gasteiger partial charge in [0.1, 0.15) is 12.0 Å². The van der Waals surface area contributed by atoms with Gasteiger partial charge < -0.3 is 10.2 Å². The van der Waals surface area contributed by atoms with Gasteiger partial charge in [0.05, 0.1) is 0 Å². The van der Waals surface area contributed by atoms with E-state index in [0.717, 1.165) is 29.5 Å². The number of rotatable bonds is 8. The largest absolute Gasteiger partial charge is 0.507 e. The molecule has 0 aliphatic rings. The number of aliphatic hydroxyl groups excluding tert-OH is 1. The molecule has 0 fully saturated rings. The average Bonchev–Trinajstić information content (AvgIpc) is 2.48. The fraction of sp³-hybridized carbons (Fsp3) is 0.769. The van der Waals surface area contributed by atoms with Crippen molar-refractivity contribution in [2.45, 2.75) is 119 Å². The number of aliphatic hydroxyl groups is 1. The van der Waals surface area contributed by atoms with E-state index in [1.165, 1.54) is 0 Å². The highest BCUT2D eigenvalue weighted by molar-refractivity contribution is 5.50. The van der Waals surface area contributed by atoms with Crippen molar-refractivity contribution in [3.63, 3.8) is 0 Å². The first kappa shape index (κ1) is 26.0. The van der Waals surface area contributed by atoms with Gasteiger partial charge >= 0.3 is 0 Å². The van der Waals surface area contributed by atoms with Crippen LogP contribution in [-0.2, 0) is 17.4 Å². The predicted octanol–water partition coefficient (Wildman–Crippen LogP) is 6.64. The van der Waals surface area contributed by atoms with Crippen LogP contribution in [0.15, 0.2) is 12.1 Å². The molecule has 29 heavy (non-hydrogen) atoms. The molecule has 1 unspecified atom stereocenters. The summed E-state index contributed by atoms with van der Waals surface area (Å²) in [5.74, 6) is 0.438. The second-order valence-electron chi connectivity index (χ2n) is 12.6. The lowest BCUT2D eigenvalue weighted by molar-refractivity contribution is 0.131. The van der Waals surface area contributed by atoms with Crippen molar-refractivity contribution >= 4 is 0 Å². The Morgan fingerprint density at radius 1 is 0.793 bits per heavy atom. The zero-order valence-electron chi connectivity index (χ0n) is 21.0. The number of phenolic OH excluding ortho intramolecular Hbond substituents is 1. The van der Waals surface area contributed by atoms with Crippen LogP contribution in [0.4, 0.5) is 0 Å². The zero-order valence-corrected chi connectivity index (χ0v) is 21.0. The molecule has 1 aromatic carbocycles. The maximum absolute atomic E-state index is 11.4. The first-order chi connectivity index (χ1) is 12.9. The highest BCUT2D eigenvalue weighted by Gasteiger charge is 2.35. The molecule has 0 aliphatic carbocycles. The van der Waals surface area contributed by atoms with Crippen LogP contribution >= 0.6 is 0 Å². The summed E-state index contributed by atoms with van der Waals surface area (Å²) in [7, 11) is 0. The van der Waals surface area contributed by atoms with Gasteiger partial charge in [0, 0.05) is 17.7 Å². The summed E-state index contributed by atoms with van der Waals surface area (Å²) in [6.45, 7) is 25.0. The Bertz CT molecular complexity index is 626. The summed E-state index contributed by atoms with van der Waals surface area (Å²) in [4.78, 5) is 0. The molecule has 1 rings (SSSR count). The van der Waals surface area contributed by atoms with Crippen molar-refractivity contribution in [2.75, 3.05) is 0 Å². The fourth-order valence-corrected chi connectivity index (χ4v) is 5.05. The predicted molar refractivity (Wildman–Crippen MR) is 125 cm³/mol. The Labute approximate surface area is 180 Å². The molecule has 0 aliphatic heterocycles. The van der Waals surface area contributed by atoms with E-state index >= 15 is 0 Å². The highest BCUT2D eigenvalue weighted by Crippen LogP contribution is 2.47. The quantitative estimate of drug-likeness (QED) is 0.425. The van der Waals surface area contributed by atoms with E-state index in [1.54, 1.807) is 0 Å². The zero-order chi connectivity index (χ0) is 22.8. The van der Waals surface area contributed by atoms with Crippen molar-refractivity contribution in [1.82, 2.24) is 5.32 Å². The second kappa shape index (κ2) is 8.98. The second-order valence-corrected chi connectivity index (χ2v) is 12.6. The lowest BCUT2D eigenvalue weighted by Gasteiger charge is -2.38. The smallest absolute Gasteiger partial charge is 0.123 e. The molecule has 3 heteroatoms. The van der Waals surface area contributed by atoms with Gasteiger partial charge in [0.15, 0.2) is 0 Å². The minimum absolute atomic E-state index is 0.156. The van der Waals surface area contributed by atoms with Gasteiger partial charge in [-0.15, -0.1) is 0 Å². The minimum atomic E-state index is -0.513. The summed E-state index contributed by atoms with van der Waals surface area (Å²) in [5.41, 5.74) is 3.13. The summed E-state index contributed by atoms with van der Waals surface area (Å²) < 4.78 is 0. The minimum Gasteiger partial charge on any atom is -0.507 e. The van der Waals surface area contributed by atoms with Crippen molar-refractivity contribution in [3.8, 4) is 5.75 Å². The third-order valence-electron chi connectivity index (χ3n) is 5.50. The lowest BCUT2D eigenvalue weighted by Crippen LogP contribution is -2.30. The lowest BCUT2D eigenvalue weighted by atomic mass is 9.68. The first-order valence-electron chi connectivity index (χ1n) is 11.2. The van der Waals surface area contributed by atoms with Crippen LogP contribution in [0.5, 0.6) is 5.75 Å². The van der Waals surface area contributed by atoms with E-state index in [4.69, 9.17) is 0 Å². The van der Waals surface area contributed by atoms with E-state index < -0.39 is 6.23 Å². The standard InChI is InChI=1S/C26H47NO2/c1-12-21(28)27-15-18-13-19(25(8,9)16-23(2,3)4)22(29)20(14-18)26(10,11)17-24(5,6)7/h13-14,21,27-29H,12,15-17H2,1-11H3. The Morgan fingerprint density at radius 2 is 1.17 bits per heavy atom. The molecule has 0 spiro atoms. The van der Waals surface area contributed by atoms with Crippen molar-refractivity contribution in [1.29, 1.82) is 0 Å². The molecule has 3 nitrogen and oxygen atoms in total. The molecule has 168 valence electrons. The molecule has 0 saturated heterocycles. The topological polar surface area (TPSA) is 52.5 Å². The fourth-order valence-electron chi connectivity index (χ4n) is 5.05. The number of nitrogens with one attached hydrogen (secondary N) is 1. The van der Waals surface area contributed by atoms with Crippen LogP contribution in [0.2, 0.25) is 0 Å². The van der Waals surface area contributed by atoms with Crippen LogP contribution in [-0.4, -0.2) is 16.4 Å². The Hall–Kier alpha value is -1.06.